The smallest absolute Gasteiger partial charge is 0.416 e. The van der Waals surface area contributed by atoms with Gasteiger partial charge in [0.15, 0.2) is 6.10 Å². The Morgan fingerprint density at radius 3 is 2.61 bits per heavy atom. The number of nitrogens with one attached hydrogen (secondary N) is 1. The fraction of sp³-hybridized carbons (Fsp3) is 0.364. The minimum absolute atomic E-state index is 0.0552. The maximum Gasteiger partial charge on any atom is 0.416 e. The van der Waals surface area contributed by atoms with Gasteiger partial charge in [-0.25, -0.2) is 4.79 Å². The van der Waals surface area contributed by atoms with Gasteiger partial charge < -0.3 is 19.7 Å². The number of carbonyl (C=O) groups is 2. The summed E-state index contributed by atoms with van der Waals surface area (Å²) in [6.07, 6.45) is -5.47. The normalized spacial score (nSPS) is 18.9. The van der Waals surface area contributed by atoms with Crippen LogP contribution in [0.2, 0.25) is 0 Å². The number of hydrogen-bond acceptors (Lipinski definition) is 5. The molecule has 2 aromatic carbocycles. The Morgan fingerprint density at radius 2 is 1.87 bits per heavy atom. The fourth-order valence-electron chi connectivity index (χ4n) is 3.77. The first-order chi connectivity index (χ1) is 14.8. The number of nitrogens with zero attached hydrogens (tertiary/aromatic N) is 1. The molecule has 0 aliphatic carbocycles. The number of ether oxygens (including phenoxy) is 2. The van der Waals surface area contributed by atoms with Gasteiger partial charge in [-0.3, -0.25) is 4.79 Å². The molecule has 2 heterocycles. The van der Waals surface area contributed by atoms with Crippen LogP contribution in [-0.2, 0) is 33.4 Å². The van der Waals surface area contributed by atoms with Crippen LogP contribution in [0, 0.1) is 0 Å². The van der Waals surface area contributed by atoms with E-state index in [0.29, 0.717) is 43.1 Å². The van der Waals surface area contributed by atoms with Crippen LogP contribution in [0.25, 0.3) is 0 Å². The Balaban J connectivity index is 1.47. The van der Waals surface area contributed by atoms with Crippen molar-refractivity contribution in [1.82, 2.24) is 5.32 Å². The van der Waals surface area contributed by atoms with Crippen molar-refractivity contribution in [2.24, 2.45) is 0 Å². The number of amides is 1. The molecule has 0 unspecified atom stereocenters. The van der Waals surface area contributed by atoms with Crippen LogP contribution in [0.15, 0.2) is 42.5 Å². The lowest BCUT2D eigenvalue weighted by molar-refractivity contribution is -0.138. The molecular weight excluding hydrogens is 413 g/mol. The van der Waals surface area contributed by atoms with E-state index in [9.17, 15) is 22.8 Å². The zero-order valence-electron chi connectivity index (χ0n) is 16.6. The van der Waals surface area contributed by atoms with E-state index in [0.717, 1.165) is 6.07 Å². The summed E-state index contributed by atoms with van der Waals surface area (Å²) < 4.78 is 51.4. The summed E-state index contributed by atoms with van der Waals surface area (Å²) in [4.78, 5) is 26.4. The van der Waals surface area contributed by atoms with Crippen molar-refractivity contribution < 1.29 is 32.2 Å². The average molecular weight is 434 g/mol. The predicted octanol–water partition coefficient (Wildman–Crippen LogP) is 2.94. The highest BCUT2D eigenvalue weighted by Gasteiger charge is 2.35. The number of esters is 1. The van der Waals surface area contributed by atoms with Gasteiger partial charge in [0.1, 0.15) is 0 Å². The van der Waals surface area contributed by atoms with Crippen molar-refractivity contribution in [3.8, 4) is 0 Å². The number of fused-ring (bicyclic) bond motifs is 1. The van der Waals surface area contributed by atoms with E-state index in [2.05, 4.69) is 5.32 Å². The van der Waals surface area contributed by atoms with Gasteiger partial charge in [-0.1, -0.05) is 24.3 Å². The van der Waals surface area contributed by atoms with Crippen LogP contribution in [0.5, 0.6) is 0 Å². The number of cyclic esters (lactones) is 1. The summed E-state index contributed by atoms with van der Waals surface area (Å²) in [6, 6.07) is 10.9. The molecule has 9 heteroatoms. The predicted molar refractivity (Wildman–Crippen MR) is 106 cm³/mol. The van der Waals surface area contributed by atoms with Crippen molar-refractivity contribution in [2.45, 2.75) is 25.2 Å². The lowest BCUT2D eigenvalue weighted by atomic mass is 9.98. The maximum absolute atomic E-state index is 13.7. The molecule has 0 saturated carbocycles. The van der Waals surface area contributed by atoms with E-state index < -0.39 is 29.7 Å². The van der Waals surface area contributed by atoms with Gasteiger partial charge in [0.2, 0.25) is 0 Å². The van der Waals surface area contributed by atoms with E-state index in [4.69, 9.17) is 9.47 Å². The molecule has 164 valence electrons. The van der Waals surface area contributed by atoms with Crippen LogP contribution in [-0.4, -0.2) is 44.3 Å². The Morgan fingerprint density at radius 1 is 1.13 bits per heavy atom. The second-order valence-corrected chi connectivity index (χ2v) is 7.41. The fourth-order valence-corrected chi connectivity index (χ4v) is 3.77. The molecule has 6 nitrogen and oxygen atoms in total. The third-order valence-electron chi connectivity index (χ3n) is 5.41. The number of anilines is 1. The monoisotopic (exact) mass is 434 g/mol. The molecule has 2 aromatic rings. The molecule has 1 amide bonds. The number of benzene rings is 2. The zero-order chi connectivity index (χ0) is 22.0. The highest BCUT2D eigenvalue weighted by Crippen LogP contribution is 2.35. The summed E-state index contributed by atoms with van der Waals surface area (Å²) in [5.74, 6) is -1.25. The van der Waals surface area contributed by atoms with Crippen LogP contribution < -0.4 is 10.2 Å². The summed E-state index contributed by atoms with van der Waals surface area (Å²) in [5, 5.41) is 2.48. The number of halogens is 3. The first-order valence-electron chi connectivity index (χ1n) is 9.92. The number of alkyl halides is 3. The van der Waals surface area contributed by atoms with Gasteiger partial charge >= 0.3 is 12.1 Å². The summed E-state index contributed by atoms with van der Waals surface area (Å²) >= 11 is 0. The van der Waals surface area contributed by atoms with Gasteiger partial charge in [0, 0.05) is 31.7 Å². The van der Waals surface area contributed by atoms with Crippen molar-refractivity contribution in [3.05, 3.63) is 64.7 Å². The van der Waals surface area contributed by atoms with Crippen LogP contribution in [0.4, 0.5) is 18.9 Å². The molecule has 4 rings (SSSR count). The molecule has 0 bridgehead atoms. The molecule has 31 heavy (non-hydrogen) atoms. The third kappa shape index (κ3) is 4.66. The molecule has 0 radical (unpaired) electrons. The van der Waals surface area contributed by atoms with Gasteiger partial charge in [-0.15, -0.1) is 0 Å². The van der Waals surface area contributed by atoms with E-state index in [1.54, 1.807) is 30.3 Å². The Kier molecular flexibility index (Phi) is 5.86. The number of hydrogen-bond donors (Lipinski definition) is 1. The van der Waals surface area contributed by atoms with Crippen LogP contribution in [0.3, 0.4) is 0 Å². The van der Waals surface area contributed by atoms with Crippen molar-refractivity contribution in [2.75, 3.05) is 31.2 Å². The standard InChI is InChI=1S/C22H21F3N2O4/c23-22(24,25)18-12-16(27-7-9-30-10-8-27)6-5-15(18)13-26-20(28)19-11-14-3-1-2-4-17(14)21(29)31-19/h1-6,12,19H,7-11,13H2,(H,26,28)/t19-/m0/s1. The Hall–Kier alpha value is -3.07. The van der Waals surface area contributed by atoms with E-state index in [1.165, 1.54) is 6.07 Å². The minimum Gasteiger partial charge on any atom is -0.448 e. The summed E-state index contributed by atoms with van der Waals surface area (Å²) in [6.45, 7) is 1.63. The molecule has 1 fully saturated rings. The van der Waals surface area contributed by atoms with E-state index in [1.807, 2.05) is 4.90 Å². The van der Waals surface area contributed by atoms with Crippen LogP contribution in [0.1, 0.15) is 27.0 Å². The quantitative estimate of drug-likeness (QED) is 0.750. The molecular formula is C22H21F3N2O4. The lowest BCUT2D eigenvalue weighted by Gasteiger charge is -2.30. The molecule has 1 N–H and O–H groups in total. The molecule has 2 aliphatic rings. The van der Waals surface area contributed by atoms with Crippen LogP contribution >= 0.6 is 0 Å². The lowest BCUT2D eigenvalue weighted by Crippen LogP contribution is -2.41. The third-order valence-corrected chi connectivity index (χ3v) is 5.41. The molecule has 0 aromatic heterocycles. The SMILES string of the molecule is O=C1O[C@H](C(=O)NCc2ccc(N3CCOCC3)cc2C(F)(F)F)Cc2ccccc21. The zero-order valence-corrected chi connectivity index (χ0v) is 16.6. The largest absolute Gasteiger partial charge is 0.448 e. The summed E-state index contributed by atoms with van der Waals surface area (Å²) in [7, 11) is 0. The van der Waals surface area contributed by atoms with Gasteiger partial charge in [-0.05, 0) is 29.3 Å². The maximum atomic E-state index is 13.7. The second kappa shape index (κ2) is 8.58. The average Bonchev–Trinajstić information content (AvgIpc) is 2.77. The van der Waals surface area contributed by atoms with Crippen molar-refractivity contribution in [1.29, 1.82) is 0 Å². The van der Waals surface area contributed by atoms with E-state index >= 15 is 0 Å². The highest BCUT2D eigenvalue weighted by atomic mass is 19.4. The number of morpholine rings is 1. The second-order valence-electron chi connectivity index (χ2n) is 7.41. The Bertz CT molecular complexity index is 987. The molecule has 2 aliphatic heterocycles. The van der Waals surface area contributed by atoms with Gasteiger partial charge in [-0.2, -0.15) is 13.2 Å². The number of rotatable bonds is 4. The van der Waals surface area contributed by atoms with Crippen molar-refractivity contribution >= 4 is 17.6 Å². The Labute approximate surface area is 176 Å². The summed E-state index contributed by atoms with van der Waals surface area (Å²) in [5.41, 5.74) is 0.668. The first kappa shape index (κ1) is 21.2. The first-order valence-corrected chi connectivity index (χ1v) is 9.92. The van der Waals surface area contributed by atoms with Crippen molar-refractivity contribution in [3.63, 3.8) is 0 Å². The van der Waals surface area contributed by atoms with E-state index in [-0.39, 0.29) is 18.5 Å². The molecule has 1 atom stereocenters. The number of carbonyl (C=O) groups excluding carboxylic acids is 2. The molecule has 0 spiro atoms. The highest BCUT2D eigenvalue weighted by molar-refractivity contribution is 5.95. The topological polar surface area (TPSA) is 67.9 Å². The van der Waals surface area contributed by atoms with Gasteiger partial charge in [0.25, 0.3) is 5.91 Å². The minimum atomic E-state index is -4.57. The van der Waals surface area contributed by atoms with Gasteiger partial charge in [0.05, 0.1) is 24.3 Å². The molecule has 1 saturated heterocycles.